The third kappa shape index (κ3) is 5.73. The second-order valence-corrected chi connectivity index (χ2v) is 8.18. The number of ether oxygens (including phenoxy) is 1. The van der Waals surface area contributed by atoms with Gasteiger partial charge in [-0.1, -0.05) is 6.92 Å². The molecule has 25 heavy (non-hydrogen) atoms. The standard InChI is InChI=1S/C19H34N4O2/c1-7-16-14-23(13-12-21(5)6)17(20-16)15-8-10-22(11-9-15)18(24)25-19(2,3)4/h14-15H,7-13H2,1-6H3. The fourth-order valence-electron chi connectivity index (χ4n) is 3.12. The van der Waals surface area contributed by atoms with Crippen molar-refractivity contribution >= 4 is 6.09 Å². The van der Waals surface area contributed by atoms with E-state index in [4.69, 9.17) is 9.72 Å². The van der Waals surface area contributed by atoms with Crippen molar-refractivity contribution in [2.45, 2.75) is 65.0 Å². The number of hydrogen-bond acceptors (Lipinski definition) is 4. The van der Waals surface area contributed by atoms with Gasteiger partial charge in [-0.05, 0) is 54.1 Å². The zero-order valence-electron chi connectivity index (χ0n) is 16.7. The van der Waals surface area contributed by atoms with Crippen molar-refractivity contribution in [3.05, 3.63) is 17.7 Å². The number of amides is 1. The van der Waals surface area contributed by atoms with Crippen molar-refractivity contribution in [1.29, 1.82) is 0 Å². The fourth-order valence-corrected chi connectivity index (χ4v) is 3.12. The van der Waals surface area contributed by atoms with Crippen LogP contribution in [0.3, 0.4) is 0 Å². The minimum Gasteiger partial charge on any atom is -0.444 e. The average molecular weight is 351 g/mol. The molecule has 1 saturated heterocycles. The number of nitrogens with zero attached hydrogens (tertiary/aromatic N) is 4. The molecule has 0 spiro atoms. The summed E-state index contributed by atoms with van der Waals surface area (Å²) in [6.45, 7) is 11.3. The Hall–Kier alpha value is -1.56. The quantitative estimate of drug-likeness (QED) is 0.819. The lowest BCUT2D eigenvalue weighted by molar-refractivity contribution is 0.0202. The van der Waals surface area contributed by atoms with Crippen LogP contribution in [-0.4, -0.2) is 64.8 Å². The number of piperidine rings is 1. The Morgan fingerprint density at radius 3 is 2.48 bits per heavy atom. The van der Waals surface area contributed by atoms with Crippen LogP contribution in [0.4, 0.5) is 4.79 Å². The van der Waals surface area contributed by atoms with Gasteiger partial charge in [0.25, 0.3) is 0 Å². The number of likely N-dealkylation sites (N-methyl/N-ethyl adjacent to an activating group) is 1. The number of aryl methyl sites for hydroxylation is 1. The third-order valence-electron chi connectivity index (χ3n) is 4.52. The largest absolute Gasteiger partial charge is 0.444 e. The average Bonchev–Trinajstić information content (AvgIpc) is 2.95. The molecule has 2 rings (SSSR count). The van der Waals surface area contributed by atoms with Crippen molar-refractivity contribution < 1.29 is 9.53 Å². The minimum absolute atomic E-state index is 0.198. The van der Waals surface area contributed by atoms with E-state index in [1.54, 1.807) is 0 Å². The molecule has 1 aromatic heterocycles. The molecule has 6 heteroatoms. The summed E-state index contributed by atoms with van der Waals surface area (Å²) < 4.78 is 7.80. The van der Waals surface area contributed by atoms with E-state index in [-0.39, 0.29) is 6.09 Å². The third-order valence-corrected chi connectivity index (χ3v) is 4.52. The van der Waals surface area contributed by atoms with Crippen LogP contribution < -0.4 is 0 Å². The summed E-state index contributed by atoms with van der Waals surface area (Å²) in [6, 6.07) is 0. The first-order valence-electron chi connectivity index (χ1n) is 9.38. The van der Waals surface area contributed by atoms with Crippen LogP contribution in [0.2, 0.25) is 0 Å². The van der Waals surface area contributed by atoms with Gasteiger partial charge >= 0.3 is 6.09 Å². The highest BCUT2D eigenvalue weighted by molar-refractivity contribution is 5.68. The summed E-state index contributed by atoms with van der Waals surface area (Å²) in [5.74, 6) is 1.60. The Kier molecular flexibility index (Phi) is 6.49. The van der Waals surface area contributed by atoms with Crippen molar-refractivity contribution in [3.63, 3.8) is 0 Å². The first-order valence-corrected chi connectivity index (χ1v) is 9.38. The molecule has 0 N–H and O–H groups in total. The van der Waals surface area contributed by atoms with Gasteiger partial charge in [0.05, 0.1) is 5.69 Å². The lowest BCUT2D eigenvalue weighted by Gasteiger charge is -2.33. The van der Waals surface area contributed by atoms with Crippen LogP contribution in [0.1, 0.15) is 58.0 Å². The fraction of sp³-hybridized carbons (Fsp3) is 0.789. The molecule has 2 heterocycles. The molecule has 142 valence electrons. The molecule has 0 bridgehead atoms. The number of rotatable bonds is 5. The second-order valence-electron chi connectivity index (χ2n) is 8.18. The zero-order chi connectivity index (χ0) is 18.6. The van der Waals surface area contributed by atoms with Gasteiger partial charge in [0.2, 0.25) is 0 Å². The van der Waals surface area contributed by atoms with Gasteiger partial charge < -0.3 is 19.1 Å². The predicted octanol–water partition coefficient (Wildman–Crippen LogP) is 3.12. The van der Waals surface area contributed by atoms with E-state index in [1.165, 1.54) is 5.82 Å². The molecule has 1 aliphatic heterocycles. The normalized spacial score (nSPS) is 16.5. The van der Waals surface area contributed by atoms with E-state index in [0.29, 0.717) is 5.92 Å². The van der Waals surface area contributed by atoms with Crippen LogP contribution in [-0.2, 0) is 17.7 Å². The highest BCUT2D eigenvalue weighted by Gasteiger charge is 2.29. The maximum atomic E-state index is 12.2. The summed E-state index contributed by atoms with van der Waals surface area (Å²) in [5, 5.41) is 0. The van der Waals surface area contributed by atoms with Crippen LogP contribution in [0.15, 0.2) is 6.20 Å². The van der Waals surface area contributed by atoms with Gasteiger partial charge in [-0.25, -0.2) is 9.78 Å². The minimum atomic E-state index is -0.438. The van der Waals surface area contributed by atoms with E-state index in [2.05, 4.69) is 36.7 Å². The monoisotopic (exact) mass is 350 g/mol. The van der Waals surface area contributed by atoms with Gasteiger partial charge in [0.1, 0.15) is 11.4 Å². The topological polar surface area (TPSA) is 50.6 Å². The van der Waals surface area contributed by atoms with Crippen LogP contribution in [0.25, 0.3) is 0 Å². The van der Waals surface area contributed by atoms with Crippen molar-refractivity contribution in [1.82, 2.24) is 19.4 Å². The lowest BCUT2D eigenvalue weighted by Crippen LogP contribution is -2.41. The highest BCUT2D eigenvalue weighted by atomic mass is 16.6. The molecule has 0 radical (unpaired) electrons. The summed E-state index contributed by atoms with van der Waals surface area (Å²) in [5.41, 5.74) is 0.718. The molecule has 0 unspecified atom stereocenters. The molecule has 1 aromatic rings. The van der Waals surface area contributed by atoms with Gasteiger partial charge in [-0.15, -0.1) is 0 Å². The molecule has 0 saturated carbocycles. The van der Waals surface area contributed by atoms with E-state index in [9.17, 15) is 4.79 Å². The van der Waals surface area contributed by atoms with Crippen LogP contribution >= 0.6 is 0 Å². The van der Waals surface area contributed by atoms with Gasteiger partial charge in [-0.2, -0.15) is 0 Å². The number of carbonyl (C=O) groups is 1. The zero-order valence-corrected chi connectivity index (χ0v) is 16.7. The van der Waals surface area contributed by atoms with E-state index in [0.717, 1.165) is 51.1 Å². The predicted molar refractivity (Wildman–Crippen MR) is 99.9 cm³/mol. The van der Waals surface area contributed by atoms with E-state index in [1.807, 2.05) is 25.7 Å². The number of carbonyl (C=O) groups excluding carboxylic acids is 1. The molecule has 1 aliphatic rings. The number of imidazole rings is 1. The molecule has 0 aliphatic carbocycles. The van der Waals surface area contributed by atoms with Gasteiger partial charge in [0, 0.05) is 38.3 Å². The second kappa shape index (κ2) is 8.21. The highest BCUT2D eigenvalue weighted by Crippen LogP contribution is 2.28. The van der Waals surface area contributed by atoms with Gasteiger partial charge in [-0.3, -0.25) is 0 Å². The SMILES string of the molecule is CCc1cn(CCN(C)C)c(C2CCN(C(=O)OC(C)(C)C)CC2)n1. The Morgan fingerprint density at radius 1 is 1.32 bits per heavy atom. The number of aromatic nitrogens is 2. The first kappa shape index (κ1) is 19.8. The summed E-state index contributed by atoms with van der Waals surface area (Å²) in [7, 11) is 4.19. The lowest BCUT2D eigenvalue weighted by atomic mass is 9.96. The molecular weight excluding hydrogens is 316 g/mol. The van der Waals surface area contributed by atoms with Crippen molar-refractivity contribution in [2.24, 2.45) is 0 Å². The maximum Gasteiger partial charge on any atom is 0.410 e. The molecule has 1 fully saturated rings. The Balaban J connectivity index is 2.00. The Bertz CT molecular complexity index is 566. The number of hydrogen-bond donors (Lipinski definition) is 0. The number of likely N-dealkylation sites (tertiary alicyclic amines) is 1. The molecular formula is C19H34N4O2. The smallest absolute Gasteiger partial charge is 0.410 e. The van der Waals surface area contributed by atoms with Crippen LogP contribution in [0.5, 0.6) is 0 Å². The van der Waals surface area contributed by atoms with Crippen molar-refractivity contribution in [2.75, 3.05) is 33.7 Å². The van der Waals surface area contributed by atoms with E-state index >= 15 is 0 Å². The maximum absolute atomic E-state index is 12.2. The summed E-state index contributed by atoms with van der Waals surface area (Å²) in [6.07, 6.45) is 4.84. The molecule has 0 atom stereocenters. The molecule has 0 aromatic carbocycles. The Labute approximate surface area is 152 Å². The van der Waals surface area contributed by atoms with Crippen molar-refractivity contribution in [3.8, 4) is 0 Å². The summed E-state index contributed by atoms with van der Waals surface area (Å²) in [4.78, 5) is 21.1. The molecule has 6 nitrogen and oxygen atoms in total. The molecule has 1 amide bonds. The first-order chi connectivity index (χ1) is 11.7. The summed E-state index contributed by atoms with van der Waals surface area (Å²) >= 11 is 0. The van der Waals surface area contributed by atoms with E-state index < -0.39 is 5.60 Å². The van der Waals surface area contributed by atoms with Gasteiger partial charge in [0.15, 0.2) is 0 Å². The Morgan fingerprint density at radius 2 is 1.96 bits per heavy atom. The van der Waals surface area contributed by atoms with Crippen LogP contribution in [0, 0.1) is 0 Å².